The van der Waals surface area contributed by atoms with Gasteiger partial charge in [-0.05, 0) is 30.2 Å². The summed E-state index contributed by atoms with van der Waals surface area (Å²) < 4.78 is 0. The zero-order valence-corrected chi connectivity index (χ0v) is 13.1. The third-order valence-electron chi connectivity index (χ3n) is 2.99. The molecule has 0 amide bonds. The molecule has 0 saturated carbocycles. The third kappa shape index (κ3) is 4.62. The van der Waals surface area contributed by atoms with E-state index in [0.29, 0.717) is 15.6 Å². The zero-order valence-electron chi connectivity index (χ0n) is 11.6. The van der Waals surface area contributed by atoms with Gasteiger partial charge in [-0.1, -0.05) is 54.4 Å². The molecular weight excluding hydrogens is 305 g/mol. The number of hydrogen-bond donors (Lipinski definition) is 1. The van der Waals surface area contributed by atoms with Gasteiger partial charge in [0, 0.05) is 33.6 Å². The molecule has 0 bridgehead atoms. The monoisotopic (exact) mass is 319 g/mol. The number of allylic oxidation sites excluding steroid dienone is 1. The second-order valence-corrected chi connectivity index (χ2v) is 5.42. The molecular formula is C17H15Cl2NO. The van der Waals surface area contributed by atoms with E-state index in [0.717, 1.165) is 12.1 Å². The Morgan fingerprint density at radius 3 is 2.29 bits per heavy atom. The molecule has 0 unspecified atom stereocenters. The molecule has 21 heavy (non-hydrogen) atoms. The van der Waals surface area contributed by atoms with Gasteiger partial charge in [0.2, 0.25) is 0 Å². The zero-order chi connectivity index (χ0) is 15.2. The van der Waals surface area contributed by atoms with Gasteiger partial charge < -0.3 is 5.32 Å². The summed E-state index contributed by atoms with van der Waals surface area (Å²) in [6.45, 7) is 2.08. The van der Waals surface area contributed by atoms with Crippen LogP contribution in [0.5, 0.6) is 0 Å². The molecule has 108 valence electrons. The Hall–Kier alpha value is -1.77. The molecule has 0 heterocycles. The maximum absolute atomic E-state index is 12.0. The summed E-state index contributed by atoms with van der Waals surface area (Å²) in [4.78, 5) is 12.0. The van der Waals surface area contributed by atoms with Crippen molar-refractivity contribution in [1.29, 1.82) is 0 Å². The van der Waals surface area contributed by atoms with Gasteiger partial charge in [0.05, 0.1) is 0 Å². The highest BCUT2D eigenvalue weighted by Gasteiger charge is 2.01. The van der Waals surface area contributed by atoms with Gasteiger partial charge >= 0.3 is 0 Å². The molecule has 0 aromatic heterocycles. The van der Waals surface area contributed by atoms with Crippen LogP contribution in [0, 0.1) is 0 Å². The van der Waals surface area contributed by atoms with Crippen LogP contribution in [0.15, 0.2) is 54.7 Å². The van der Waals surface area contributed by atoms with E-state index in [1.54, 1.807) is 24.4 Å². The highest BCUT2D eigenvalue weighted by Crippen LogP contribution is 2.22. The lowest BCUT2D eigenvalue weighted by Crippen LogP contribution is -1.96. The first-order valence-corrected chi connectivity index (χ1v) is 7.36. The van der Waals surface area contributed by atoms with Crippen LogP contribution >= 0.6 is 23.2 Å². The second-order valence-electron chi connectivity index (χ2n) is 4.55. The van der Waals surface area contributed by atoms with E-state index in [-0.39, 0.29) is 5.78 Å². The Labute approximate surface area is 134 Å². The largest absolute Gasteiger partial charge is 0.361 e. The number of halogens is 2. The van der Waals surface area contributed by atoms with Crippen LogP contribution in [-0.2, 0) is 6.42 Å². The van der Waals surface area contributed by atoms with Gasteiger partial charge in [0.1, 0.15) is 0 Å². The van der Waals surface area contributed by atoms with Gasteiger partial charge in [0.25, 0.3) is 0 Å². The number of carbonyl (C=O) groups excluding carboxylic acids is 1. The van der Waals surface area contributed by atoms with Gasteiger partial charge in [-0.15, -0.1) is 0 Å². The highest BCUT2D eigenvalue weighted by atomic mass is 35.5. The number of aryl methyl sites for hydroxylation is 1. The molecule has 2 nitrogen and oxygen atoms in total. The van der Waals surface area contributed by atoms with Crippen molar-refractivity contribution in [2.75, 3.05) is 5.32 Å². The molecule has 0 saturated heterocycles. The first kappa shape index (κ1) is 15.6. The maximum atomic E-state index is 12.0. The van der Waals surface area contributed by atoms with Crippen LogP contribution in [0.1, 0.15) is 22.8 Å². The Morgan fingerprint density at radius 1 is 1.10 bits per heavy atom. The summed E-state index contributed by atoms with van der Waals surface area (Å²) in [5.74, 6) is -0.0571. The summed E-state index contributed by atoms with van der Waals surface area (Å²) in [5.41, 5.74) is 2.61. The number of rotatable bonds is 5. The average Bonchev–Trinajstić information content (AvgIpc) is 2.46. The lowest BCUT2D eigenvalue weighted by atomic mass is 10.1. The number of anilines is 1. The average molecular weight is 320 g/mol. The predicted octanol–water partition coefficient (Wildman–Crippen LogP) is 5.36. The van der Waals surface area contributed by atoms with Gasteiger partial charge in [-0.25, -0.2) is 0 Å². The number of nitrogens with one attached hydrogen (secondary N) is 1. The minimum atomic E-state index is -0.0571. The highest BCUT2D eigenvalue weighted by molar-refractivity contribution is 6.35. The van der Waals surface area contributed by atoms with E-state index < -0.39 is 0 Å². The van der Waals surface area contributed by atoms with Crippen LogP contribution < -0.4 is 5.32 Å². The number of hydrogen-bond acceptors (Lipinski definition) is 2. The molecule has 0 aliphatic rings. The Balaban J connectivity index is 2.01. The Morgan fingerprint density at radius 2 is 1.71 bits per heavy atom. The van der Waals surface area contributed by atoms with Crippen LogP contribution in [0.4, 0.5) is 5.69 Å². The molecule has 0 aliphatic heterocycles. The van der Waals surface area contributed by atoms with Crippen LogP contribution in [0.2, 0.25) is 10.0 Å². The minimum absolute atomic E-state index is 0.0571. The van der Waals surface area contributed by atoms with Crippen molar-refractivity contribution in [2.24, 2.45) is 0 Å². The molecule has 2 aromatic carbocycles. The van der Waals surface area contributed by atoms with Crippen LogP contribution in [0.3, 0.4) is 0 Å². The van der Waals surface area contributed by atoms with E-state index in [1.807, 2.05) is 24.3 Å². The summed E-state index contributed by atoms with van der Waals surface area (Å²) in [5, 5.41) is 4.06. The van der Waals surface area contributed by atoms with Crippen LogP contribution in [-0.4, -0.2) is 5.78 Å². The molecule has 1 N–H and O–H groups in total. The molecule has 0 atom stereocenters. The number of carbonyl (C=O) groups is 1. The first-order chi connectivity index (χ1) is 10.1. The van der Waals surface area contributed by atoms with E-state index in [1.165, 1.54) is 11.6 Å². The Kier molecular flexibility index (Phi) is 5.43. The molecule has 0 spiro atoms. The lowest BCUT2D eigenvalue weighted by molar-refractivity contribution is 0.104. The maximum Gasteiger partial charge on any atom is 0.187 e. The van der Waals surface area contributed by atoms with E-state index in [4.69, 9.17) is 23.2 Å². The van der Waals surface area contributed by atoms with Crippen molar-refractivity contribution in [1.82, 2.24) is 0 Å². The minimum Gasteiger partial charge on any atom is -0.361 e. The summed E-state index contributed by atoms with van der Waals surface area (Å²) in [7, 11) is 0. The third-order valence-corrected chi connectivity index (χ3v) is 3.43. The lowest BCUT2D eigenvalue weighted by Gasteiger charge is -2.02. The summed E-state index contributed by atoms with van der Waals surface area (Å²) in [6.07, 6.45) is 4.02. The SMILES string of the molecule is CCc1ccc(C(=O)/C=C/Nc2cc(Cl)cc(Cl)c2)cc1. The normalized spacial score (nSPS) is 10.8. The fraction of sp³-hybridized carbons (Fsp3) is 0.118. The summed E-state index contributed by atoms with van der Waals surface area (Å²) in [6, 6.07) is 12.7. The van der Waals surface area contributed by atoms with Gasteiger partial charge in [-0.3, -0.25) is 4.79 Å². The van der Waals surface area contributed by atoms with Crippen molar-refractivity contribution in [3.05, 3.63) is 75.9 Å². The fourth-order valence-corrected chi connectivity index (χ4v) is 2.38. The molecule has 2 rings (SSSR count). The number of benzene rings is 2. The smallest absolute Gasteiger partial charge is 0.187 e. The molecule has 2 aromatic rings. The summed E-state index contributed by atoms with van der Waals surface area (Å²) >= 11 is 11.8. The first-order valence-electron chi connectivity index (χ1n) is 6.61. The van der Waals surface area contributed by atoms with Crippen LogP contribution in [0.25, 0.3) is 0 Å². The predicted molar refractivity (Wildman–Crippen MR) is 89.4 cm³/mol. The molecule has 4 heteroatoms. The molecule has 0 radical (unpaired) electrons. The van der Waals surface area contributed by atoms with Crippen molar-refractivity contribution in [3.8, 4) is 0 Å². The second kappa shape index (κ2) is 7.30. The molecule has 0 fully saturated rings. The van der Waals surface area contributed by atoms with Crippen molar-refractivity contribution < 1.29 is 4.79 Å². The van der Waals surface area contributed by atoms with Crippen molar-refractivity contribution >= 4 is 34.7 Å². The van der Waals surface area contributed by atoms with Gasteiger partial charge in [0.15, 0.2) is 5.78 Å². The van der Waals surface area contributed by atoms with Crippen molar-refractivity contribution in [2.45, 2.75) is 13.3 Å². The topological polar surface area (TPSA) is 29.1 Å². The molecule has 0 aliphatic carbocycles. The fourth-order valence-electron chi connectivity index (χ4n) is 1.85. The quantitative estimate of drug-likeness (QED) is 0.593. The standard InChI is InChI=1S/C17H15Cl2NO/c1-2-12-3-5-13(6-4-12)17(21)7-8-20-16-10-14(18)9-15(19)11-16/h3-11,20H,2H2,1H3/b8-7+. The van der Waals surface area contributed by atoms with Gasteiger partial charge in [-0.2, -0.15) is 0 Å². The van der Waals surface area contributed by atoms with E-state index in [9.17, 15) is 4.79 Å². The van der Waals surface area contributed by atoms with E-state index in [2.05, 4.69) is 12.2 Å². The number of ketones is 1. The van der Waals surface area contributed by atoms with Crippen molar-refractivity contribution in [3.63, 3.8) is 0 Å². The Bertz CT molecular complexity index is 643. The van der Waals surface area contributed by atoms with E-state index >= 15 is 0 Å².